The molecule has 1 aromatic rings. The summed E-state index contributed by atoms with van der Waals surface area (Å²) in [4.78, 5) is 14.3. The third-order valence-electron chi connectivity index (χ3n) is 2.52. The van der Waals surface area contributed by atoms with Crippen molar-refractivity contribution in [3.8, 4) is 0 Å². The Balaban J connectivity index is 2.88. The number of benzene rings is 1. The maximum absolute atomic E-state index is 12.4. The Labute approximate surface area is 125 Å². The van der Waals surface area contributed by atoms with Gasteiger partial charge in [-0.25, -0.2) is 0 Å². The van der Waals surface area contributed by atoms with Crippen molar-refractivity contribution in [1.82, 2.24) is 4.90 Å². The first-order valence-corrected chi connectivity index (χ1v) is 7.89. The van der Waals surface area contributed by atoms with Gasteiger partial charge in [0.2, 0.25) is 0 Å². The van der Waals surface area contributed by atoms with Gasteiger partial charge in [0, 0.05) is 21.5 Å². The van der Waals surface area contributed by atoms with Crippen LogP contribution in [0.25, 0.3) is 0 Å². The first-order valence-electron chi connectivity index (χ1n) is 5.69. The lowest BCUT2D eigenvalue weighted by atomic mass is 10.1. The predicted molar refractivity (Wildman–Crippen MR) is 83.7 cm³/mol. The molecule has 17 heavy (non-hydrogen) atoms. The number of hydrogen-bond acceptors (Lipinski definition) is 1. The van der Waals surface area contributed by atoms with E-state index in [9.17, 15) is 4.79 Å². The Hall–Kier alpha value is -0.100. The molecular formula is C13H17BrINO. The first-order chi connectivity index (χ1) is 8.07. The highest BCUT2D eigenvalue weighted by atomic mass is 127. The molecule has 0 atom stereocenters. The van der Waals surface area contributed by atoms with E-state index >= 15 is 0 Å². The molecule has 0 aromatic heterocycles. The normalized spacial score (nSPS) is 10.6. The van der Waals surface area contributed by atoms with Crippen molar-refractivity contribution in [3.63, 3.8) is 0 Å². The number of halogens is 2. The lowest BCUT2D eigenvalue weighted by Crippen LogP contribution is -2.38. The van der Waals surface area contributed by atoms with Crippen LogP contribution in [0.5, 0.6) is 0 Å². The van der Waals surface area contributed by atoms with Gasteiger partial charge in [-0.15, -0.1) is 0 Å². The smallest absolute Gasteiger partial charge is 0.255 e. The Kier molecular flexibility index (Phi) is 6.48. The van der Waals surface area contributed by atoms with Crippen molar-refractivity contribution >= 4 is 44.4 Å². The summed E-state index contributed by atoms with van der Waals surface area (Å²) in [7, 11) is 0. The fraction of sp³-hybridized carbons (Fsp3) is 0.462. The molecule has 0 saturated carbocycles. The molecule has 2 nitrogen and oxygen atoms in total. The number of carbonyl (C=O) groups is 1. The fourth-order valence-corrected chi connectivity index (χ4v) is 2.48. The molecule has 0 aliphatic carbocycles. The van der Waals surface area contributed by atoms with Gasteiger partial charge in [0.05, 0.1) is 5.56 Å². The van der Waals surface area contributed by atoms with E-state index in [4.69, 9.17) is 0 Å². The molecule has 0 radical (unpaired) electrons. The Morgan fingerprint density at radius 2 is 2.06 bits per heavy atom. The lowest BCUT2D eigenvalue weighted by Gasteiger charge is -2.27. The molecule has 1 amide bonds. The van der Waals surface area contributed by atoms with E-state index in [-0.39, 0.29) is 11.9 Å². The minimum absolute atomic E-state index is 0.131. The van der Waals surface area contributed by atoms with Crippen LogP contribution in [0.3, 0.4) is 0 Å². The zero-order valence-corrected chi connectivity index (χ0v) is 13.9. The van der Waals surface area contributed by atoms with Crippen LogP contribution in [-0.4, -0.2) is 28.7 Å². The maximum Gasteiger partial charge on any atom is 0.255 e. The predicted octanol–water partition coefficient (Wildman–Crippen LogP) is 3.93. The molecule has 0 spiro atoms. The largest absolute Gasteiger partial charge is 0.336 e. The molecule has 1 rings (SSSR count). The lowest BCUT2D eigenvalue weighted by molar-refractivity contribution is 0.0705. The summed E-state index contributed by atoms with van der Waals surface area (Å²) >= 11 is 5.62. The van der Waals surface area contributed by atoms with Gasteiger partial charge >= 0.3 is 0 Å². The molecule has 0 aliphatic rings. The average Bonchev–Trinajstić information content (AvgIpc) is 2.29. The Morgan fingerprint density at radius 3 is 2.59 bits per heavy atom. The summed E-state index contributed by atoms with van der Waals surface area (Å²) < 4.78 is 1.01. The van der Waals surface area contributed by atoms with E-state index in [0.29, 0.717) is 0 Å². The molecule has 0 N–H and O–H groups in total. The molecule has 94 valence electrons. The molecule has 0 fully saturated rings. The van der Waals surface area contributed by atoms with Crippen LogP contribution < -0.4 is 0 Å². The molecule has 0 heterocycles. The van der Waals surface area contributed by atoms with Crippen LogP contribution in [0.1, 0.15) is 30.6 Å². The van der Waals surface area contributed by atoms with Crippen molar-refractivity contribution < 1.29 is 4.79 Å². The molecule has 1 aromatic carbocycles. The third kappa shape index (κ3) is 4.25. The summed E-state index contributed by atoms with van der Waals surface area (Å²) in [6.07, 6.45) is 0.979. The molecule has 0 saturated heterocycles. The van der Waals surface area contributed by atoms with Gasteiger partial charge in [-0.1, -0.05) is 28.1 Å². The maximum atomic E-state index is 12.4. The van der Waals surface area contributed by atoms with Gasteiger partial charge in [-0.05, 0) is 55.0 Å². The highest BCUT2D eigenvalue weighted by Crippen LogP contribution is 2.16. The number of rotatable bonds is 5. The quantitative estimate of drug-likeness (QED) is 0.533. The van der Waals surface area contributed by atoms with E-state index in [2.05, 4.69) is 52.4 Å². The van der Waals surface area contributed by atoms with Gasteiger partial charge in [0.1, 0.15) is 0 Å². The second-order valence-electron chi connectivity index (χ2n) is 4.11. The highest BCUT2D eigenvalue weighted by Gasteiger charge is 2.19. The van der Waals surface area contributed by atoms with E-state index in [0.717, 1.165) is 27.4 Å². The average molecular weight is 410 g/mol. The van der Waals surface area contributed by atoms with Crippen LogP contribution in [0, 0.1) is 3.57 Å². The number of hydrogen-bond donors (Lipinski definition) is 0. The number of alkyl halides is 1. The second-order valence-corrected chi connectivity index (χ2v) is 6.07. The summed E-state index contributed by atoms with van der Waals surface area (Å²) in [6.45, 7) is 4.91. The SMILES string of the molecule is CC(C)N(CCCBr)C(=O)c1ccccc1I. The molecular weight excluding hydrogens is 393 g/mol. The highest BCUT2D eigenvalue weighted by molar-refractivity contribution is 14.1. The summed E-state index contributed by atoms with van der Waals surface area (Å²) in [5.74, 6) is 0.131. The molecule has 0 unspecified atom stereocenters. The van der Waals surface area contributed by atoms with E-state index in [1.165, 1.54) is 0 Å². The standard InChI is InChI=1S/C13H17BrINO/c1-10(2)16(9-5-8-14)13(17)11-6-3-4-7-12(11)15/h3-4,6-7,10H,5,8-9H2,1-2H3. The van der Waals surface area contributed by atoms with Gasteiger partial charge in [0.15, 0.2) is 0 Å². The van der Waals surface area contributed by atoms with E-state index in [1.807, 2.05) is 29.2 Å². The zero-order chi connectivity index (χ0) is 12.8. The fourth-order valence-electron chi connectivity index (χ4n) is 1.61. The summed E-state index contributed by atoms with van der Waals surface area (Å²) in [5, 5.41) is 0.926. The van der Waals surface area contributed by atoms with E-state index in [1.54, 1.807) is 0 Å². The Bertz CT molecular complexity index is 381. The van der Waals surface area contributed by atoms with Crippen molar-refractivity contribution in [2.24, 2.45) is 0 Å². The van der Waals surface area contributed by atoms with Crippen LogP contribution in [0.4, 0.5) is 0 Å². The van der Waals surface area contributed by atoms with Gasteiger partial charge in [0.25, 0.3) is 5.91 Å². The molecule has 0 bridgehead atoms. The number of carbonyl (C=O) groups excluding carboxylic acids is 1. The minimum atomic E-state index is 0.131. The van der Waals surface area contributed by atoms with Crippen molar-refractivity contribution in [2.75, 3.05) is 11.9 Å². The van der Waals surface area contributed by atoms with Crippen LogP contribution in [0.15, 0.2) is 24.3 Å². The van der Waals surface area contributed by atoms with Crippen LogP contribution in [0.2, 0.25) is 0 Å². The monoisotopic (exact) mass is 409 g/mol. The van der Waals surface area contributed by atoms with Gasteiger partial charge < -0.3 is 4.90 Å². The molecule has 0 aliphatic heterocycles. The minimum Gasteiger partial charge on any atom is -0.336 e. The van der Waals surface area contributed by atoms with Crippen LogP contribution in [-0.2, 0) is 0 Å². The van der Waals surface area contributed by atoms with Gasteiger partial charge in [-0.3, -0.25) is 4.79 Å². The number of nitrogens with zero attached hydrogens (tertiary/aromatic N) is 1. The second kappa shape index (κ2) is 7.36. The zero-order valence-electron chi connectivity index (χ0n) is 10.1. The third-order valence-corrected chi connectivity index (χ3v) is 4.02. The van der Waals surface area contributed by atoms with E-state index < -0.39 is 0 Å². The van der Waals surface area contributed by atoms with Gasteiger partial charge in [-0.2, -0.15) is 0 Å². The Morgan fingerprint density at radius 1 is 1.41 bits per heavy atom. The van der Waals surface area contributed by atoms with Crippen molar-refractivity contribution in [2.45, 2.75) is 26.3 Å². The molecule has 4 heteroatoms. The first kappa shape index (κ1) is 15.0. The number of amides is 1. The topological polar surface area (TPSA) is 20.3 Å². The van der Waals surface area contributed by atoms with Crippen molar-refractivity contribution in [3.05, 3.63) is 33.4 Å². The summed E-state index contributed by atoms with van der Waals surface area (Å²) in [5.41, 5.74) is 0.802. The summed E-state index contributed by atoms with van der Waals surface area (Å²) in [6, 6.07) is 7.97. The van der Waals surface area contributed by atoms with Crippen molar-refractivity contribution in [1.29, 1.82) is 0 Å². The van der Waals surface area contributed by atoms with Crippen LogP contribution >= 0.6 is 38.5 Å².